The third kappa shape index (κ3) is 32.4. The molecule has 0 spiro atoms. The lowest BCUT2D eigenvalue weighted by Crippen LogP contribution is -2.15. The second-order valence-corrected chi connectivity index (χ2v) is 4.95. The van der Waals surface area contributed by atoms with Crippen LogP contribution in [-0.4, -0.2) is 73.0 Å². The second-order valence-electron chi connectivity index (χ2n) is 4.95. The maximum Gasteiger partial charge on any atom is 0.306 e. The molecule has 0 saturated carbocycles. The molecule has 0 rings (SSSR count). The Morgan fingerprint density at radius 3 is 1.44 bits per heavy atom. The smallest absolute Gasteiger partial charge is 0.306 e. The molecule has 0 amide bonds. The van der Waals surface area contributed by atoms with Crippen LogP contribution in [0.5, 0.6) is 0 Å². The predicted octanol–water partition coefficient (Wildman–Crippen LogP) is 1.38. The van der Waals surface area contributed by atoms with E-state index in [1.807, 2.05) is 13.8 Å². The zero-order chi connectivity index (χ0) is 21.3. The van der Waals surface area contributed by atoms with Gasteiger partial charge in [0.05, 0.1) is 13.2 Å². The summed E-state index contributed by atoms with van der Waals surface area (Å²) in [7, 11) is 0. The van der Waals surface area contributed by atoms with Crippen molar-refractivity contribution in [1.29, 1.82) is 0 Å². The molecule has 0 atom stereocenters. The third-order valence-electron chi connectivity index (χ3n) is 2.57. The number of aliphatic hydroxyl groups excluding tert-OH is 3. The number of ether oxygens (including phenoxy) is 3. The molecule has 0 aliphatic rings. The molecule has 0 aromatic rings. The lowest BCUT2D eigenvalue weighted by atomic mass is 10.2. The molecule has 3 N–H and O–H groups in total. The van der Waals surface area contributed by atoms with Gasteiger partial charge in [-0.25, -0.2) is 0 Å². The van der Waals surface area contributed by atoms with Crippen LogP contribution in [0.2, 0.25) is 0 Å². The minimum Gasteiger partial charge on any atom is -0.461 e. The van der Waals surface area contributed by atoms with Gasteiger partial charge in [0, 0.05) is 26.1 Å². The Bertz CT molecular complexity index is 326. The normalized spacial score (nSPS) is 9.26. The van der Waals surface area contributed by atoms with Crippen molar-refractivity contribution in [2.45, 2.75) is 45.6 Å². The number of aliphatic hydroxyl groups is 3. The fraction of sp³-hybridized carbons (Fsp3) is 0.684. The summed E-state index contributed by atoms with van der Waals surface area (Å²) in [6.45, 7) is 12.3. The second kappa shape index (κ2) is 26.5. The maximum absolute atomic E-state index is 11.0. The zero-order valence-electron chi connectivity index (χ0n) is 16.6. The topological polar surface area (TPSA) is 123 Å². The van der Waals surface area contributed by atoms with Crippen molar-refractivity contribution in [1.82, 2.24) is 0 Å². The Kier molecular flexibility index (Phi) is 29.4. The van der Waals surface area contributed by atoms with E-state index in [1.165, 1.54) is 12.2 Å². The highest BCUT2D eigenvalue weighted by atomic mass is 16.5. The minimum atomic E-state index is -0.954. The highest BCUT2D eigenvalue weighted by Gasteiger charge is 2.04. The van der Waals surface area contributed by atoms with Gasteiger partial charge in [0.15, 0.2) is 0 Å². The first kappa shape index (κ1) is 30.0. The van der Waals surface area contributed by atoms with Crippen LogP contribution in [-0.2, 0) is 23.8 Å². The quantitative estimate of drug-likeness (QED) is 0.244. The maximum atomic E-state index is 11.0. The van der Waals surface area contributed by atoms with Crippen molar-refractivity contribution < 1.29 is 39.1 Å². The third-order valence-corrected chi connectivity index (χ3v) is 2.57. The summed E-state index contributed by atoms with van der Waals surface area (Å²) in [6.07, 6.45) is 3.98. The zero-order valence-corrected chi connectivity index (χ0v) is 16.6. The predicted molar refractivity (Wildman–Crippen MR) is 103 cm³/mol. The first-order valence-corrected chi connectivity index (χ1v) is 8.93. The summed E-state index contributed by atoms with van der Waals surface area (Å²) in [5.41, 5.74) is 0. The van der Waals surface area contributed by atoms with Gasteiger partial charge >= 0.3 is 11.9 Å². The first-order chi connectivity index (χ1) is 12.9. The van der Waals surface area contributed by atoms with Crippen LogP contribution in [0.1, 0.15) is 39.5 Å². The van der Waals surface area contributed by atoms with Crippen molar-refractivity contribution in [2.75, 3.05) is 39.6 Å². The molecule has 8 heteroatoms. The molecule has 0 aromatic heterocycles. The van der Waals surface area contributed by atoms with Gasteiger partial charge in [0.25, 0.3) is 0 Å². The molecule has 0 aromatic carbocycles. The van der Waals surface area contributed by atoms with Crippen LogP contribution >= 0.6 is 0 Å². The molecule has 0 fully saturated rings. The number of carbonyl (C=O) groups excluding carboxylic acids is 2. The summed E-state index contributed by atoms with van der Waals surface area (Å²) >= 11 is 0. The monoisotopic (exact) mass is 392 g/mol. The number of hydrogen-bond acceptors (Lipinski definition) is 8. The minimum absolute atomic E-state index is 0.236. The molecule has 27 heavy (non-hydrogen) atoms. The van der Waals surface area contributed by atoms with Gasteiger partial charge in [-0.05, 0) is 26.7 Å². The molecular weight excluding hydrogens is 356 g/mol. The van der Waals surface area contributed by atoms with E-state index >= 15 is 0 Å². The van der Waals surface area contributed by atoms with Crippen molar-refractivity contribution in [2.24, 2.45) is 0 Å². The van der Waals surface area contributed by atoms with Crippen LogP contribution in [0.25, 0.3) is 0 Å². The van der Waals surface area contributed by atoms with Gasteiger partial charge in [0.2, 0.25) is 0 Å². The average molecular weight is 392 g/mol. The van der Waals surface area contributed by atoms with Gasteiger partial charge in [-0.2, -0.15) is 0 Å². The Morgan fingerprint density at radius 2 is 1.26 bits per heavy atom. The van der Waals surface area contributed by atoms with Gasteiger partial charge < -0.3 is 29.5 Å². The molecule has 160 valence electrons. The van der Waals surface area contributed by atoms with Gasteiger partial charge in [-0.15, -0.1) is 0 Å². The molecular formula is C19H36O8. The van der Waals surface area contributed by atoms with Crippen molar-refractivity contribution >= 4 is 11.9 Å². The lowest BCUT2D eigenvalue weighted by molar-refractivity contribution is -0.144. The Balaban J connectivity index is -0.000000428. The summed E-state index contributed by atoms with van der Waals surface area (Å²) in [5.74, 6) is -0.529. The van der Waals surface area contributed by atoms with E-state index in [4.69, 9.17) is 29.5 Å². The fourth-order valence-corrected chi connectivity index (χ4v) is 1.25. The largest absolute Gasteiger partial charge is 0.461 e. The number of esters is 2. The SMILES string of the molecule is C=CCOC(=O)CCCCC(=O)OCC=C.CCOCC.OCC(O)CO. The average Bonchev–Trinajstić information content (AvgIpc) is 2.68. The highest BCUT2D eigenvalue weighted by Crippen LogP contribution is 2.02. The van der Waals surface area contributed by atoms with Gasteiger partial charge in [0.1, 0.15) is 19.3 Å². The van der Waals surface area contributed by atoms with E-state index in [1.54, 1.807) is 0 Å². The Hall–Kier alpha value is -1.74. The number of unbranched alkanes of at least 4 members (excludes halogenated alkanes) is 1. The molecule has 0 saturated heterocycles. The van der Waals surface area contributed by atoms with Crippen molar-refractivity contribution in [3.63, 3.8) is 0 Å². The van der Waals surface area contributed by atoms with Crippen molar-refractivity contribution in [3.05, 3.63) is 25.3 Å². The molecule has 0 radical (unpaired) electrons. The molecule has 0 bridgehead atoms. The summed E-state index contributed by atoms with van der Waals surface area (Å²) in [6, 6.07) is 0. The first-order valence-electron chi connectivity index (χ1n) is 8.93. The van der Waals surface area contributed by atoms with Gasteiger partial charge in [-0.1, -0.05) is 25.3 Å². The van der Waals surface area contributed by atoms with E-state index in [2.05, 4.69) is 13.2 Å². The van der Waals surface area contributed by atoms with Crippen molar-refractivity contribution in [3.8, 4) is 0 Å². The van der Waals surface area contributed by atoms with E-state index in [0.29, 0.717) is 25.7 Å². The van der Waals surface area contributed by atoms with Crippen LogP contribution in [0.4, 0.5) is 0 Å². The number of carbonyl (C=O) groups is 2. The molecule has 0 aliphatic carbocycles. The highest BCUT2D eigenvalue weighted by molar-refractivity contribution is 5.70. The Labute approximate surface area is 162 Å². The van der Waals surface area contributed by atoms with E-state index in [-0.39, 0.29) is 38.4 Å². The molecule has 0 heterocycles. The van der Waals surface area contributed by atoms with E-state index in [9.17, 15) is 9.59 Å². The number of hydrogen-bond donors (Lipinski definition) is 3. The van der Waals surface area contributed by atoms with Crippen LogP contribution in [0.15, 0.2) is 25.3 Å². The Morgan fingerprint density at radius 1 is 0.889 bits per heavy atom. The summed E-state index contributed by atoms with van der Waals surface area (Å²) in [5, 5.41) is 24.0. The molecule has 8 nitrogen and oxygen atoms in total. The summed E-state index contributed by atoms with van der Waals surface area (Å²) < 4.78 is 14.4. The van der Waals surface area contributed by atoms with Crippen LogP contribution in [0.3, 0.4) is 0 Å². The van der Waals surface area contributed by atoms with Gasteiger partial charge in [-0.3, -0.25) is 9.59 Å². The van der Waals surface area contributed by atoms with Crippen LogP contribution in [0, 0.1) is 0 Å². The lowest BCUT2D eigenvalue weighted by Gasteiger charge is -2.02. The molecule has 0 unspecified atom stereocenters. The summed E-state index contributed by atoms with van der Waals surface area (Å²) in [4.78, 5) is 22.0. The van der Waals surface area contributed by atoms with E-state index < -0.39 is 6.10 Å². The number of rotatable bonds is 13. The standard InChI is InChI=1S/C12H18O4.C4H10O.C3H8O3/c1-3-9-15-11(13)7-5-6-8-12(14)16-10-4-2;1-3-5-4-2;4-1-3(6)2-5/h3-4H,1-2,5-10H2;3-4H2,1-2H3;3-6H,1-2H2. The van der Waals surface area contributed by atoms with Crippen LogP contribution < -0.4 is 0 Å². The molecule has 0 aliphatic heterocycles. The fourth-order valence-electron chi connectivity index (χ4n) is 1.25. The van der Waals surface area contributed by atoms with E-state index in [0.717, 1.165) is 13.2 Å².